The summed E-state index contributed by atoms with van der Waals surface area (Å²) in [5.41, 5.74) is 6.11. The van der Waals surface area contributed by atoms with Gasteiger partial charge in [-0.2, -0.15) is 0 Å². The van der Waals surface area contributed by atoms with E-state index in [0.29, 0.717) is 13.2 Å². The molecule has 0 bridgehead atoms. The fourth-order valence-corrected chi connectivity index (χ4v) is 3.52. The summed E-state index contributed by atoms with van der Waals surface area (Å²) in [4.78, 5) is 0. The zero-order valence-electron chi connectivity index (χ0n) is 16.1. The number of aliphatic hydroxyl groups is 1. The predicted molar refractivity (Wildman–Crippen MR) is 96.1 cm³/mol. The summed E-state index contributed by atoms with van der Waals surface area (Å²) in [7, 11) is 0. The lowest BCUT2D eigenvalue weighted by molar-refractivity contribution is -0.366. The van der Waals surface area contributed by atoms with E-state index in [1.54, 1.807) is 0 Å². The molecular formula is C19H37NO5. The molecule has 148 valence electrons. The number of nitrogens with two attached hydrogens (primary N) is 1. The maximum atomic E-state index is 10.0. The van der Waals surface area contributed by atoms with Crippen LogP contribution in [-0.4, -0.2) is 54.8 Å². The summed E-state index contributed by atoms with van der Waals surface area (Å²) in [5.74, 6) is -0.688. The molecule has 2 rings (SSSR count). The van der Waals surface area contributed by atoms with Crippen LogP contribution in [0, 0.1) is 0 Å². The van der Waals surface area contributed by atoms with E-state index in [2.05, 4.69) is 6.92 Å². The average molecular weight is 360 g/mol. The second-order valence-electron chi connectivity index (χ2n) is 7.75. The van der Waals surface area contributed by atoms with Gasteiger partial charge in [-0.3, -0.25) is 0 Å². The van der Waals surface area contributed by atoms with Crippen molar-refractivity contribution in [3.05, 3.63) is 0 Å². The van der Waals surface area contributed by atoms with E-state index in [1.807, 2.05) is 13.8 Å². The lowest BCUT2D eigenvalue weighted by Gasteiger charge is -2.49. The molecule has 3 N–H and O–H groups in total. The summed E-state index contributed by atoms with van der Waals surface area (Å²) < 4.78 is 23.1. The Hall–Kier alpha value is -0.240. The maximum Gasteiger partial charge on any atom is 0.173 e. The van der Waals surface area contributed by atoms with Crippen LogP contribution in [0.1, 0.15) is 72.1 Å². The maximum absolute atomic E-state index is 10.0. The monoisotopic (exact) mass is 359 g/mol. The SMILES string of the molecule is CCCCCCCCCCO[C@@H]1[C@@H](N)[C@H](O)O[C@@H]2COC(C)(C)O[C@@H]12. The van der Waals surface area contributed by atoms with Gasteiger partial charge >= 0.3 is 0 Å². The van der Waals surface area contributed by atoms with Gasteiger partial charge in [0.05, 0.1) is 12.6 Å². The van der Waals surface area contributed by atoms with Gasteiger partial charge in [0.25, 0.3) is 0 Å². The zero-order chi connectivity index (χ0) is 18.3. The van der Waals surface area contributed by atoms with Gasteiger partial charge in [0, 0.05) is 6.61 Å². The highest BCUT2D eigenvalue weighted by molar-refractivity contribution is 4.96. The van der Waals surface area contributed by atoms with E-state index in [1.165, 1.54) is 38.5 Å². The smallest absolute Gasteiger partial charge is 0.173 e. The van der Waals surface area contributed by atoms with Crippen molar-refractivity contribution in [2.75, 3.05) is 13.2 Å². The number of rotatable bonds is 10. The fourth-order valence-electron chi connectivity index (χ4n) is 3.52. The van der Waals surface area contributed by atoms with Gasteiger partial charge in [0.1, 0.15) is 18.3 Å². The van der Waals surface area contributed by atoms with Crippen molar-refractivity contribution >= 4 is 0 Å². The number of aliphatic hydroxyl groups excluding tert-OH is 1. The highest BCUT2D eigenvalue weighted by Crippen LogP contribution is 2.32. The highest BCUT2D eigenvalue weighted by atomic mass is 16.7. The topological polar surface area (TPSA) is 83.2 Å². The first-order chi connectivity index (χ1) is 11.9. The summed E-state index contributed by atoms with van der Waals surface area (Å²) in [6.07, 6.45) is 7.96. The molecule has 2 aliphatic rings. The Morgan fingerprint density at radius 1 is 1.08 bits per heavy atom. The number of unbranched alkanes of at least 4 members (excludes halogenated alkanes) is 7. The van der Waals surface area contributed by atoms with Crippen LogP contribution in [0.3, 0.4) is 0 Å². The van der Waals surface area contributed by atoms with E-state index < -0.39 is 18.1 Å². The number of ether oxygens (including phenoxy) is 4. The lowest BCUT2D eigenvalue weighted by Crippen LogP contribution is -2.67. The Morgan fingerprint density at radius 3 is 2.40 bits per heavy atom. The van der Waals surface area contributed by atoms with Gasteiger partial charge in [0.2, 0.25) is 0 Å². The first-order valence-electron chi connectivity index (χ1n) is 9.97. The molecule has 0 radical (unpaired) electrons. The second-order valence-corrected chi connectivity index (χ2v) is 7.75. The third kappa shape index (κ3) is 6.45. The molecular weight excluding hydrogens is 322 g/mol. The third-order valence-electron chi connectivity index (χ3n) is 5.04. The van der Waals surface area contributed by atoms with Crippen LogP contribution in [0.25, 0.3) is 0 Å². The van der Waals surface area contributed by atoms with Crippen LogP contribution in [0.4, 0.5) is 0 Å². The van der Waals surface area contributed by atoms with Crippen LogP contribution in [-0.2, 0) is 18.9 Å². The standard InChI is InChI=1S/C19H37NO5/c1-4-5-6-7-8-9-10-11-12-22-17-15(20)18(21)24-14-13-23-19(2,3)25-16(14)17/h14-18,21H,4-13,20H2,1-3H3/t14-,15-,16-,17-,18-/m1/s1. The van der Waals surface area contributed by atoms with Crippen LogP contribution in [0.5, 0.6) is 0 Å². The van der Waals surface area contributed by atoms with E-state index in [0.717, 1.165) is 12.8 Å². The Balaban J connectivity index is 1.70. The van der Waals surface area contributed by atoms with Crippen LogP contribution in [0.2, 0.25) is 0 Å². The van der Waals surface area contributed by atoms with Crippen LogP contribution < -0.4 is 5.73 Å². The predicted octanol–water partition coefficient (Wildman–Crippen LogP) is 2.71. The Labute approximate surface area is 152 Å². The molecule has 0 amide bonds. The molecule has 0 aromatic carbocycles. The van der Waals surface area contributed by atoms with Crippen molar-refractivity contribution in [1.82, 2.24) is 0 Å². The Morgan fingerprint density at radius 2 is 1.72 bits per heavy atom. The van der Waals surface area contributed by atoms with Gasteiger partial charge in [0.15, 0.2) is 12.1 Å². The van der Waals surface area contributed by atoms with Gasteiger partial charge in [-0.25, -0.2) is 0 Å². The van der Waals surface area contributed by atoms with Gasteiger partial charge in [-0.05, 0) is 20.3 Å². The molecule has 2 heterocycles. The summed E-state index contributed by atoms with van der Waals surface area (Å²) in [5, 5.41) is 10.0. The molecule has 2 aliphatic heterocycles. The molecule has 0 saturated carbocycles. The van der Waals surface area contributed by atoms with Crippen molar-refractivity contribution in [2.24, 2.45) is 5.73 Å². The zero-order valence-corrected chi connectivity index (χ0v) is 16.1. The minimum Gasteiger partial charge on any atom is -0.374 e. The molecule has 0 spiro atoms. The van der Waals surface area contributed by atoms with Gasteiger partial charge in [-0.1, -0.05) is 51.9 Å². The first-order valence-corrected chi connectivity index (χ1v) is 9.97. The van der Waals surface area contributed by atoms with Crippen molar-refractivity contribution in [2.45, 2.75) is 109 Å². The molecule has 6 heteroatoms. The summed E-state index contributed by atoms with van der Waals surface area (Å²) in [6, 6.07) is -0.607. The number of fused-ring (bicyclic) bond motifs is 1. The molecule has 5 atom stereocenters. The normalized spacial score (nSPS) is 34.7. The molecule has 0 aromatic heterocycles. The number of hydrogen-bond donors (Lipinski definition) is 2. The molecule has 0 aliphatic carbocycles. The van der Waals surface area contributed by atoms with Crippen LogP contribution in [0.15, 0.2) is 0 Å². The van der Waals surface area contributed by atoms with Gasteiger partial charge in [-0.15, -0.1) is 0 Å². The number of hydrogen-bond acceptors (Lipinski definition) is 6. The van der Waals surface area contributed by atoms with Crippen molar-refractivity contribution < 1.29 is 24.1 Å². The molecule has 0 aromatic rings. The Kier molecular flexibility index (Phi) is 8.58. The average Bonchev–Trinajstić information content (AvgIpc) is 2.56. The first kappa shape index (κ1) is 21.1. The van der Waals surface area contributed by atoms with Crippen molar-refractivity contribution in [3.8, 4) is 0 Å². The fraction of sp³-hybridized carbons (Fsp3) is 1.00. The minimum atomic E-state index is -1.04. The lowest BCUT2D eigenvalue weighted by atomic mass is 9.96. The molecule has 25 heavy (non-hydrogen) atoms. The van der Waals surface area contributed by atoms with E-state index >= 15 is 0 Å². The Bertz CT molecular complexity index is 379. The van der Waals surface area contributed by atoms with E-state index in [-0.39, 0.29) is 18.3 Å². The highest BCUT2D eigenvalue weighted by Gasteiger charge is 2.50. The molecule has 6 nitrogen and oxygen atoms in total. The van der Waals surface area contributed by atoms with Crippen molar-refractivity contribution in [1.29, 1.82) is 0 Å². The van der Waals surface area contributed by atoms with Crippen LogP contribution >= 0.6 is 0 Å². The van der Waals surface area contributed by atoms with E-state index in [4.69, 9.17) is 24.7 Å². The second kappa shape index (κ2) is 10.2. The van der Waals surface area contributed by atoms with Crippen molar-refractivity contribution in [3.63, 3.8) is 0 Å². The molecule has 0 unspecified atom stereocenters. The third-order valence-corrected chi connectivity index (χ3v) is 5.04. The summed E-state index contributed by atoms with van der Waals surface area (Å²) >= 11 is 0. The van der Waals surface area contributed by atoms with Gasteiger partial charge < -0.3 is 29.8 Å². The quantitative estimate of drug-likeness (QED) is 0.584. The van der Waals surface area contributed by atoms with E-state index in [9.17, 15) is 5.11 Å². The minimum absolute atomic E-state index is 0.309. The molecule has 2 saturated heterocycles. The molecule has 2 fully saturated rings. The summed E-state index contributed by atoms with van der Waals surface area (Å²) in [6.45, 7) is 6.99. The largest absolute Gasteiger partial charge is 0.374 e.